The zero-order valence-corrected chi connectivity index (χ0v) is 10.2. The molecule has 0 aromatic rings. The molecule has 0 fully saturated rings. The van der Waals surface area contributed by atoms with Crippen molar-refractivity contribution < 1.29 is 86.6 Å². The molecule has 0 rings (SSSR count). The van der Waals surface area contributed by atoms with Gasteiger partial charge in [-0.3, -0.25) is 0 Å². The topological polar surface area (TPSA) is 63.2 Å². The Hall–Kier alpha value is 1.94. The molecule has 0 aliphatic rings. The first-order chi connectivity index (χ1) is 3.25. The molecule has 50 valence electrons. The molecular formula is CF3Na2O3P. The minimum Gasteiger partial charge on any atom is -0.804 e. The van der Waals surface area contributed by atoms with Gasteiger partial charge in [0.15, 0.2) is 0 Å². The number of alkyl halides is 3. The predicted octanol–water partition coefficient (Wildman–Crippen LogP) is -6.57. The van der Waals surface area contributed by atoms with Crippen LogP contribution in [0.15, 0.2) is 0 Å². The fraction of sp³-hybridized carbons (Fsp3) is 1.00. The zero-order chi connectivity index (χ0) is 7.00. The van der Waals surface area contributed by atoms with E-state index in [0.29, 0.717) is 0 Å². The van der Waals surface area contributed by atoms with Crippen LogP contribution in [-0.2, 0) is 4.57 Å². The second-order valence-corrected chi connectivity index (χ2v) is 2.47. The molecule has 10 heavy (non-hydrogen) atoms. The van der Waals surface area contributed by atoms with Gasteiger partial charge in [-0.25, -0.2) is 0 Å². The normalized spacial score (nSPS) is 11.3. The summed E-state index contributed by atoms with van der Waals surface area (Å²) in [6.45, 7) is 0. The summed E-state index contributed by atoms with van der Waals surface area (Å²) in [4.78, 5) is 18.0. The molecular weight excluding hydrogens is 194 g/mol. The van der Waals surface area contributed by atoms with Crippen molar-refractivity contribution >= 4 is 7.60 Å². The Kier molecular flexibility index (Phi) is 9.95. The molecule has 0 unspecified atom stereocenters. The van der Waals surface area contributed by atoms with Crippen LogP contribution in [0.2, 0.25) is 0 Å². The minimum absolute atomic E-state index is 0. The van der Waals surface area contributed by atoms with Crippen molar-refractivity contribution in [3.63, 3.8) is 0 Å². The van der Waals surface area contributed by atoms with Crippen LogP contribution >= 0.6 is 7.60 Å². The van der Waals surface area contributed by atoms with Crippen LogP contribution in [0, 0.1) is 0 Å². The van der Waals surface area contributed by atoms with E-state index in [1.807, 2.05) is 0 Å². The molecule has 0 heterocycles. The Labute approximate surface area is 99.1 Å². The van der Waals surface area contributed by atoms with E-state index in [0.717, 1.165) is 0 Å². The molecule has 0 saturated heterocycles. The van der Waals surface area contributed by atoms with Crippen LogP contribution in [0.3, 0.4) is 0 Å². The van der Waals surface area contributed by atoms with Gasteiger partial charge in [-0.1, -0.05) is 0 Å². The van der Waals surface area contributed by atoms with Gasteiger partial charge < -0.3 is 14.4 Å². The second kappa shape index (κ2) is 5.56. The van der Waals surface area contributed by atoms with Gasteiger partial charge in [0.2, 0.25) is 0 Å². The molecule has 0 aliphatic heterocycles. The molecule has 0 radical (unpaired) electrons. The van der Waals surface area contributed by atoms with Crippen molar-refractivity contribution in [2.45, 2.75) is 5.92 Å². The minimum atomic E-state index is -6.35. The Morgan fingerprint density at radius 1 is 1.10 bits per heavy atom. The molecule has 0 aromatic carbocycles. The van der Waals surface area contributed by atoms with Gasteiger partial charge in [-0.15, -0.1) is 0 Å². The van der Waals surface area contributed by atoms with Gasteiger partial charge in [0.05, 0.1) is 0 Å². The largest absolute Gasteiger partial charge is 1.00 e. The van der Waals surface area contributed by atoms with E-state index < -0.39 is 13.5 Å². The SMILES string of the molecule is O=P([O-])([O-])C(F)(F)F.[Na+].[Na+]. The van der Waals surface area contributed by atoms with Gasteiger partial charge >= 0.3 is 65.0 Å². The number of hydrogen-bond acceptors (Lipinski definition) is 3. The van der Waals surface area contributed by atoms with Gasteiger partial charge in [-0.2, -0.15) is 13.2 Å². The second-order valence-electron chi connectivity index (χ2n) is 0.965. The smallest absolute Gasteiger partial charge is 0.804 e. The van der Waals surface area contributed by atoms with Crippen molar-refractivity contribution in [1.29, 1.82) is 0 Å². The van der Waals surface area contributed by atoms with Crippen LogP contribution in [0.5, 0.6) is 0 Å². The average Bonchev–Trinajstić information content (AvgIpc) is 1.25. The first-order valence-corrected chi connectivity index (χ1v) is 2.88. The first kappa shape index (κ1) is 17.9. The van der Waals surface area contributed by atoms with E-state index in [1.54, 1.807) is 0 Å². The third kappa shape index (κ3) is 6.64. The monoisotopic (exact) mass is 194 g/mol. The van der Waals surface area contributed by atoms with E-state index in [1.165, 1.54) is 0 Å². The van der Waals surface area contributed by atoms with Gasteiger partial charge in [0.25, 0.3) is 0 Å². The molecule has 0 atom stereocenters. The van der Waals surface area contributed by atoms with Crippen LogP contribution < -0.4 is 68.9 Å². The summed E-state index contributed by atoms with van der Waals surface area (Å²) in [6.07, 6.45) is 0. The summed E-state index contributed by atoms with van der Waals surface area (Å²) in [6, 6.07) is 0. The van der Waals surface area contributed by atoms with Gasteiger partial charge in [-0.05, 0) is 0 Å². The van der Waals surface area contributed by atoms with Crippen LogP contribution in [0.25, 0.3) is 0 Å². The standard InChI is InChI=1S/CH2F3O3P.2Na/c2-1(3,4)8(5,6)7;;/h(H2,5,6,7);;/q;2*+1/p-2. The number of halogens is 3. The van der Waals surface area contributed by atoms with E-state index >= 15 is 0 Å². The van der Waals surface area contributed by atoms with E-state index in [9.17, 15) is 13.2 Å². The van der Waals surface area contributed by atoms with Gasteiger partial charge in [0.1, 0.15) is 0 Å². The van der Waals surface area contributed by atoms with E-state index in [-0.39, 0.29) is 59.1 Å². The van der Waals surface area contributed by atoms with E-state index in [2.05, 4.69) is 0 Å². The Morgan fingerprint density at radius 3 is 1.20 bits per heavy atom. The maximum atomic E-state index is 10.7. The maximum Gasteiger partial charge on any atom is 1.00 e. The van der Waals surface area contributed by atoms with Crippen molar-refractivity contribution in [3.05, 3.63) is 0 Å². The van der Waals surface area contributed by atoms with Crippen molar-refractivity contribution in [2.75, 3.05) is 0 Å². The fourth-order valence-corrected chi connectivity index (χ4v) is 0. The summed E-state index contributed by atoms with van der Waals surface area (Å²) in [7, 11) is -6.35. The Balaban J connectivity index is -0.000000245. The number of rotatable bonds is 0. The molecule has 0 amide bonds. The average molecular weight is 194 g/mol. The molecule has 0 N–H and O–H groups in total. The van der Waals surface area contributed by atoms with Crippen LogP contribution in [-0.4, -0.2) is 5.92 Å². The summed E-state index contributed by atoms with van der Waals surface area (Å²) in [5, 5.41) is 0. The summed E-state index contributed by atoms with van der Waals surface area (Å²) in [5.74, 6) is -5.62. The third-order valence-electron chi connectivity index (χ3n) is 0.311. The van der Waals surface area contributed by atoms with Gasteiger partial charge in [0, 0.05) is 7.60 Å². The summed E-state index contributed by atoms with van der Waals surface area (Å²) in [5.41, 5.74) is 0. The molecule has 0 spiro atoms. The Morgan fingerprint density at radius 2 is 1.20 bits per heavy atom. The predicted molar refractivity (Wildman–Crippen MR) is 13.7 cm³/mol. The van der Waals surface area contributed by atoms with Crippen molar-refractivity contribution in [1.82, 2.24) is 0 Å². The number of hydrogen-bond donors (Lipinski definition) is 0. The molecule has 3 nitrogen and oxygen atoms in total. The molecule has 0 bridgehead atoms. The molecule has 0 aromatic heterocycles. The van der Waals surface area contributed by atoms with Crippen molar-refractivity contribution in [2.24, 2.45) is 0 Å². The summed E-state index contributed by atoms with van der Waals surface area (Å²) >= 11 is 0. The fourth-order valence-electron chi connectivity index (χ4n) is 0. The zero-order valence-electron chi connectivity index (χ0n) is 5.31. The Bertz CT molecular complexity index is 128. The third-order valence-corrected chi connectivity index (χ3v) is 0.932. The first-order valence-electron chi connectivity index (χ1n) is 1.34. The molecule has 9 heteroatoms. The van der Waals surface area contributed by atoms with Crippen LogP contribution in [0.1, 0.15) is 0 Å². The van der Waals surface area contributed by atoms with E-state index in [4.69, 9.17) is 14.4 Å². The quantitative estimate of drug-likeness (QED) is 0.284. The maximum absolute atomic E-state index is 10.7. The molecule has 0 aliphatic carbocycles. The van der Waals surface area contributed by atoms with Crippen molar-refractivity contribution in [3.8, 4) is 0 Å². The van der Waals surface area contributed by atoms with Crippen LogP contribution in [0.4, 0.5) is 13.2 Å². The summed E-state index contributed by atoms with van der Waals surface area (Å²) < 4.78 is 41.0. The molecule has 0 saturated carbocycles.